The second-order valence-corrected chi connectivity index (χ2v) is 5.19. The highest BCUT2D eigenvalue weighted by atomic mass is 79.9. The smallest absolute Gasteiger partial charge is 0.274 e. The zero-order valence-corrected chi connectivity index (χ0v) is 12.8. The second-order valence-electron chi connectivity index (χ2n) is 4.63. The van der Waals surface area contributed by atoms with Crippen LogP contribution in [0.25, 0.3) is 10.8 Å². The molecular weight excluding hydrogens is 328 g/mol. The lowest BCUT2D eigenvalue weighted by molar-refractivity contribution is 0.102. The summed E-state index contributed by atoms with van der Waals surface area (Å²) in [5, 5.41) is 5.49. The first-order valence-electron chi connectivity index (χ1n) is 6.58. The molecule has 1 amide bonds. The number of nitrogens with one attached hydrogen (secondary N) is 1. The third kappa shape index (κ3) is 2.81. The molecule has 1 aromatic heterocycles. The molecule has 1 N–H and O–H groups in total. The van der Waals surface area contributed by atoms with Crippen molar-refractivity contribution in [1.29, 1.82) is 0 Å². The lowest BCUT2D eigenvalue weighted by Crippen LogP contribution is -2.15. The van der Waals surface area contributed by atoms with Crippen LogP contribution in [0.1, 0.15) is 16.1 Å². The van der Waals surface area contributed by atoms with E-state index in [1.807, 2.05) is 54.6 Å². The lowest BCUT2D eigenvalue weighted by Gasteiger charge is -2.10. The molecule has 4 heteroatoms. The van der Waals surface area contributed by atoms with Crippen molar-refractivity contribution in [2.75, 3.05) is 5.32 Å². The van der Waals surface area contributed by atoms with Crippen LogP contribution in [-0.2, 0) is 5.33 Å². The van der Waals surface area contributed by atoms with Gasteiger partial charge in [-0.25, -0.2) is 0 Å². The van der Waals surface area contributed by atoms with Crippen molar-refractivity contribution in [2.24, 2.45) is 0 Å². The molecule has 0 spiro atoms. The first kappa shape index (κ1) is 13.8. The Labute approximate surface area is 131 Å². The Kier molecular flexibility index (Phi) is 3.97. The molecule has 0 bridgehead atoms. The Morgan fingerprint density at radius 2 is 1.81 bits per heavy atom. The number of alkyl halides is 1. The van der Waals surface area contributed by atoms with Crippen LogP contribution in [0.3, 0.4) is 0 Å². The zero-order chi connectivity index (χ0) is 14.7. The Morgan fingerprint density at radius 3 is 2.67 bits per heavy atom. The lowest BCUT2D eigenvalue weighted by atomic mass is 10.1. The van der Waals surface area contributed by atoms with Gasteiger partial charge in [0.15, 0.2) is 0 Å². The van der Waals surface area contributed by atoms with E-state index >= 15 is 0 Å². The van der Waals surface area contributed by atoms with E-state index in [4.69, 9.17) is 0 Å². The summed E-state index contributed by atoms with van der Waals surface area (Å²) in [6, 6.07) is 17.4. The highest BCUT2D eigenvalue weighted by molar-refractivity contribution is 9.08. The van der Waals surface area contributed by atoms with Crippen molar-refractivity contribution in [3.05, 3.63) is 72.1 Å². The number of carbonyl (C=O) groups excluding carboxylic acids is 1. The minimum Gasteiger partial charge on any atom is -0.320 e. The Balaban J connectivity index is 1.98. The summed E-state index contributed by atoms with van der Waals surface area (Å²) in [6.45, 7) is 0. The summed E-state index contributed by atoms with van der Waals surface area (Å²) in [4.78, 5) is 16.7. The normalized spacial score (nSPS) is 10.5. The van der Waals surface area contributed by atoms with E-state index in [1.165, 1.54) is 0 Å². The number of rotatable bonds is 3. The van der Waals surface area contributed by atoms with Gasteiger partial charge in [-0.15, -0.1) is 0 Å². The molecule has 104 valence electrons. The minimum absolute atomic E-state index is 0.194. The molecule has 0 unspecified atom stereocenters. The topological polar surface area (TPSA) is 42.0 Å². The van der Waals surface area contributed by atoms with Gasteiger partial charge in [-0.05, 0) is 23.1 Å². The molecule has 0 fully saturated rings. The van der Waals surface area contributed by atoms with Crippen LogP contribution in [0.4, 0.5) is 5.69 Å². The monoisotopic (exact) mass is 340 g/mol. The van der Waals surface area contributed by atoms with Crippen LogP contribution in [0.5, 0.6) is 0 Å². The number of para-hydroxylation sites is 1. The van der Waals surface area contributed by atoms with Crippen molar-refractivity contribution in [1.82, 2.24) is 4.98 Å². The highest BCUT2D eigenvalue weighted by Gasteiger charge is 2.12. The van der Waals surface area contributed by atoms with Crippen molar-refractivity contribution >= 4 is 38.3 Å². The Morgan fingerprint density at radius 1 is 1.05 bits per heavy atom. The number of halogens is 1. The summed E-state index contributed by atoms with van der Waals surface area (Å²) >= 11 is 3.43. The van der Waals surface area contributed by atoms with Crippen molar-refractivity contribution in [3.63, 3.8) is 0 Å². The van der Waals surface area contributed by atoms with Crippen molar-refractivity contribution in [2.45, 2.75) is 5.33 Å². The third-order valence-corrected chi connectivity index (χ3v) is 3.90. The zero-order valence-electron chi connectivity index (χ0n) is 11.2. The van der Waals surface area contributed by atoms with Gasteiger partial charge in [-0.1, -0.05) is 58.4 Å². The van der Waals surface area contributed by atoms with Gasteiger partial charge in [0.1, 0.15) is 5.69 Å². The maximum Gasteiger partial charge on any atom is 0.274 e. The van der Waals surface area contributed by atoms with E-state index in [1.54, 1.807) is 6.20 Å². The van der Waals surface area contributed by atoms with Crippen molar-refractivity contribution in [3.8, 4) is 0 Å². The molecule has 3 aromatic rings. The molecular formula is C17H13BrN2O. The van der Waals surface area contributed by atoms with Gasteiger partial charge in [0.25, 0.3) is 5.91 Å². The van der Waals surface area contributed by atoms with E-state index in [9.17, 15) is 4.79 Å². The molecule has 0 saturated carbocycles. The van der Waals surface area contributed by atoms with E-state index in [0.717, 1.165) is 22.0 Å². The number of hydrogen-bond donors (Lipinski definition) is 1. The van der Waals surface area contributed by atoms with E-state index in [-0.39, 0.29) is 5.91 Å². The van der Waals surface area contributed by atoms with Gasteiger partial charge in [0, 0.05) is 22.6 Å². The number of benzene rings is 2. The summed E-state index contributed by atoms with van der Waals surface area (Å²) < 4.78 is 0. The summed E-state index contributed by atoms with van der Waals surface area (Å²) in [6.07, 6.45) is 1.66. The van der Waals surface area contributed by atoms with Gasteiger partial charge < -0.3 is 5.32 Å². The number of aromatic nitrogens is 1. The fourth-order valence-corrected chi connectivity index (χ4v) is 2.73. The number of carbonyl (C=O) groups is 1. The van der Waals surface area contributed by atoms with Crippen LogP contribution < -0.4 is 5.32 Å². The van der Waals surface area contributed by atoms with Crippen LogP contribution in [0.15, 0.2) is 60.8 Å². The summed E-state index contributed by atoms with van der Waals surface area (Å²) in [7, 11) is 0. The molecule has 2 aromatic carbocycles. The highest BCUT2D eigenvalue weighted by Crippen LogP contribution is 2.21. The Bertz CT molecular complexity index is 796. The summed E-state index contributed by atoms with van der Waals surface area (Å²) in [5.74, 6) is -0.194. The van der Waals surface area contributed by atoms with Crippen LogP contribution in [0.2, 0.25) is 0 Å². The Hall–Kier alpha value is -2.20. The van der Waals surface area contributed by atoms with Crippen LogP contribution in [0, 0.1) is 0 Å². The first-order chi connectivity index (χ1) is 10.3. The van der Waals surface area contributed by atoms with Gasteiger partial charge in [-0.3, -0.25) is 9.78 Å². The molecule has 0 aliphatic heterocycles. The molecule has 3 rings (SSSR count). The average Bonchev–Trinajstić information content (AvgIpc) is 2.54. The standard InChI is InChI=1S/C17H13BrN2O/c18-11-13-6-2-4-8-15(13)20-17(21)16-14-7-3-1-5-12(14)9-10-19-16/h1-10H,11H2,(H,20,21). The average molecular weight is 341 g/mol. The molecule has 0 atom stereocenters. The maximum atomic E-state index is 12.5. The number of amides is 1. The van der Waals surface area contributed by atoms with Crippen LogP contribution >= 0.6 is 15.9 Å². The molecule has 1 heterocycles. The van der Waals surface area contributed by atoms with Crippen molar-refractivity contribution < 1.29 is 4.79 Å². The van der Waals surface area contributed by atoms with E-state index in [2.05, 4.69) is 26.2 Å². The van der Waals surface area contributed by atoms with Gasteiger partial charge in [-0.2, -0.15) is 0 Å². The number of anilines is 1. The fraction of sp³-hybridized carbons (Fsp3) is 0.0588. The number of hydrogen-bond acceptors (Lipinski definition) is 2. The first-order valence-corrected chi connectivity index (χ1v) is 7.70. The third-order valence-electron chi connectivity index (χ3n) is 3.30. The molecule has 0 radical (unpaired) electrons. The van der Waals surface area contributed by atoms with E-state index < -0.39 is 0 Å². The molecule has 0 aliphatic carbocycles. The largest absolute Gasteiger partial charge is 0.320 e. The summed E-state index contributed by atoms with van der Waals surface area (Å²) in [5.41, 5.74) is 2.28. The second kappa shape index (κ2) is 6.06. The SMILES string of the molecule is O=C(Nc1ccccc1CBr)c1nccc2ccccc12. The van der Waals surface area contributed by atoms with Gasteiger partial charge in [0.2, 0.25) is 0 Å². The van der Waals surface area contributed by atoms with Gasteiger partial charge in [0.05, 0.1) is 0 Å². The number of fused-ring (bicyclic) bond motifs is 1. The quantitative estimate of drug-likeness (QED) is 0.718. The molecule has 0 saturated heterocycles. The van der Waals surface area contributed by atoms with Crippen LogP contribution in [-0.4, -0.2) is 10.9 Å². The predicted molar refractivity (Wildman–Crippen MR) is 88.8 cm³/mol. The maximum absolute atomic E-state index is 12.5. The number of pyridine rings is 1. The number of nitrogens with zero attached hydrogens (tertiary/aromatic N) is 1. The molecule has 3 nitrogen and oxygen atoms in total. The predicted octanol–water partition coefficient (Wildman–Crippen LogP) is 4.38. The van der Waals surface area contributed by atoms with Gasteiger partial charge >= 0.3 is 0 Å². The fourth-order valence-electron chi connectivity index (χ4n) is 2.24. The van der Waals surface area contributed by atoms with E-state index in [0.29, 0.717) is 11.0 Å². The molecule has 0 aliphatic rings. The molecule has 21 heavy (non-hydrogen) atoms. The minimum atomic E-state index is -0.194.